The summed E-state index contributed by atoms with van der Waals surface area (Å²) in [4.78, 5) is 51.3. The van der Waals surface area contributed by atoms with Crippen molar-refractivity contribution in [1.82, 2.24) is 0 Å². The lowest BCUT2D eigenvalue weighted by molar-refractivity contribution is -0.301. The first-order valence-electron chi connectivity index (χ1n) is 31.9. The van der Waals surface area contributed by atoms with E-state index in [1.165, 1.54) is 77.0 Å². The van der Waals surface area contributed by atoms with Gasteiger partial charge in [-0.2, -0.15) is 0 Å². The minimum atomic E-state index is -1.91. The number of hydrogen-bond acceptors (Lipinski definition) is 11. The molecule has 12 nitrogen and oxygen atoms in total. The van der Waals surface area contributed by atoms with Crippen LogP contribution in [-0.4, -0.2) is 89.2 Å². The molecule has 0 aromatic rings. The molecule has 0 bridgehead atoms. The summed E-state index contributed by atoms with van der Waals surface area (Å²) in [5.41, 5.74) is 0. The number of unbranched alkanes of at least 4 members (excludes halogenated alkanes) is 28. The number of carbonyl (C=O) groups is 4. The summed E-state index contributed by atoms with van der Waals surface area (Å²) in [6, 6.07) is 0. The number of esters is 3. The number of aliphatic hydroxyl groups excluding tert-OH is 2. The third-order valence-electron chi connectivity index (χ3n) is 14.2. The van der Waals surface area contributed by atoms with E-state index in [9.17, 15) is 34.5 Å². The Morgan fingerprint density at radius 1 is 0.418 bits per heavy atom. The number of carboxylic acids is 1. The second-order valence-corrected chi connectivity index (χ2v) is 21.7. The van der Waals surface area contributed by atoms with Crippen LogP contribution in [0.1, 0.15) is 278 Å². The quantitative estimate of drug-likeness (QED) is 0.0228. The average molecular weight is 1110 g/mol. The van der Waals surface area contributed by atoms with Crippen LogP contribution in [0.5, 0.6) is 0 Å². The maximum atomic E-state index is 13.2. The molecule has 0 aliphatic carbocycles. The highest BCUT2D eigenvalue weighted by atomic mass is 16.7. The van der Waals surface area contributed by atoms with E-state index in [0.717, 1.165) is 141 Å². The molecular weight excluding hydrogens is 997 g/mol. The van der Waals surface area contributed by atoms with E-state index in [4.69, 9.17) is 23.7 Å². The SMILES string of the molecule is CCC/C=C\C/C=C\CCCCCCCC(=O)OC(COC(=O)CCCCCCCCCCC/C=C\C/C=C\CCCCC)COC1OC(C(=O)O)C(O)C(O)C1OC(=O)CCCCCCCCC/C=C\C/C=C\CCCCC. The van der Waals surface area contributed by atoms with E-state index in [0.29, 0.717) is 19.3 Å². The zero-order valence-corrected chi connectivity index (χ0v) is 50.1. The molecule has 0 saturated carbocycles. The fourth-order valence-corrected chi connectivity index (χ4v) is 9.29. The van der Waals surface area contributed by atoms with Gasteiger partial charge in [0.05, 0.1) is 6.61 Å². The Bertz CT molecular complexity index is 1650. The smallest absolute Gasteiger partial charge is 0.335 e. The van der Waals surface area contributed by atoms with Crippen molar-refractivity contribution >= 4 is 23.9 Å². The van der Waals surface area contributed by atoms with Gasteiger partial charge in [0.15, 0.2) is 24.6 Å². The molecule has 6 unspecified atom stereocenters. The first-order valence-corrected chi connectivity index (χ1v) is 31.9. The summed E-state index contributed by atoms with van der Waals surface area (Å²) in [6.45, 7) is 5.88. The maximum Gasteiger partial charge on any atom is 0.335 e. The third-order valence-corrected chi connectivity index (χ3v) is 14.2. The van der Waals surface area contributed by atoms with Crippen molar-refractivity contribution in [2.75, 3.05) is 13.2 Å². The molecule has 1 heterocycles. The van der Waals surface area contributed by atoms with Crippen molar-refractivity contribution in [3.05, 3.63) is 72.9 Å². The van der Waals surface area contributed by atoms with Crippen molar-refractivity contribution < 1.29 is 58.2 Å². The molecule has 454 valence electrons. The highest BCUT2D eigenvalue weighted by Gasteiger charge is 2.50. The summed E-state index contributed by atoms with van der Waals surface area (Å²) in [6.07, 6.45) is 57.1. The van der Waals surface area contributed by atoms with Crippen LogP contribution in [0.15, 0.2) is 72.9 Å². The molecular formula is C67H114O12. The Morgan fingerprint density at radius 2 is 0.785 bits per heavy atom. The first-order chi connectivity index (χ1) is 38.6. The van der Waals surface area contributed by atoms with Crippen LogP contribution >= 0.6 is 0 Å². The Morgan fingerprint density at radius 3 is 1.19 bits per heavy atom. The molecule has 1 fully saturated rings. The minimum Gasteiger partial charge on any atom is -0.479 e. The van der Waals surface area contributed by atoms with E-state index in [1.54, 1.807) is 0 Å². The van der Waals surface area contributed by atoms with Gasteiger partial charge in [0.1, 0.15) is 18.8 Å². The molecule has 3 N–H and O–H groups in total. The molecule has 0 radical (unpaired) electrons. The molecule has 79 heavy (non-hydrogen) atoms. The Kier molecular flexibility index (Phi) is 50.7. The number of hydrogen-bond donors (Lipinski definition) is 3. The van der Waals surface area contributed by atoms with Crippen LogP contribution in [0.3, 0.4) is 0 Å². The highest BCUT2D eigenvalue weighted by Crippen LogP contribution is 2.26. The van der Waals surface area contributed by atoms with Crippen LogP contribution in [-0.2, 0) is 42.9 Å². The first kappa shape index (κ1) is 73.2. The third kappa shape index (κ3) is 44.5. The molecule has 1 aliphatic rings. The maximum absolute atomic E-state index is 13.2. The Hall–Kier alpha value is -3.84. The number of rotatable bonds is 54. The normalized spacial score (nSPS) is 18.3. The fraction of sp³-hybridized carbons (Fsp3) is 0.761. The van der Waals surface area contributed by atoms with Crippen molar-refractivity contribution in [2.24, 2.45) is 0 Å². The number of aliphatic carboxylic acids is 1. The summed E-state index contributed by atoms with van der Waals surface area (Å²) >= 11 is 0. The van der Waals surface area contributed by atoms with Gasteiger partial charge in [-0.15, -0.1) is 0 Å². The molecule has 0 spiro atoms. The zero-order chi connectivity index (χ0) is 57.5. The van der Waals surface area contributed by atoms with Gasteiger partial charge in [0.25, 0.3) is 0 Å². The van der Waals surface area contributed by atoms with Gasteiger partial charge in [-0.25, -0.2) is 4.79 Å². The summed E-state index contributed by atoms with van der Waals surface area (Å²) < 4.78 is 28.5. The van der Waals surface area contributed by atoms with E-state index in [2.05, 4.69) is 93.7 Å². The van der Waals surface area contributed by atoms with Crippen molar-refractivity contribution in [3.63, 3.8) is 0 Å². The van der Waals surface area contributed by atoms with Gasteiger partial charge in [-0.3, -0.25) is 14.4 Å². The second kappa shape index (κ2) is 54.7. The lowest BCUT2D eigenvalue weighted by atomic mass is 9.98. The monoisotopic (exact) mass is 1110 g/mol. The predicted octanol–water partition coefficient (Wildman–Crippen LogP) is 16.9. The van der Waals surface area contributed by atoms with Gasteiger partial charge in [-0.05, 0) is 109 Å². The number of carboxylic acid groups (broad SMARTS) is 1. The molecule has 0 aromatic carbocycles. The lowest BCUT2D eigenvalue weighted by Gasteiger charge is -2.40. The zero-order valence-electron chi connectivity index (χ0n) is 50.1. The van der Waals surface area contributed by atoms with Gasteiger partial charge >= 0.3 is 23.9 Å². The van der Waals surface area contributed by atoms with Gasteiger partial charge in [-0.1, -0.05) is 222 Å². The van der Waals surface area contributed by atoms with Crippen LogP contribution in [0.2, 0.25) is 0 Å². The number of allylic oxidation sites excluding steroid dienone is 12. The number of ether oxygens (including phenoxy) is 5. The highest BCUT2D eigenvalue weighted by molar-refractivity contribution is 5.74. The largest absolute Gasteiger partial charge is 0.479 e. The van der Waals surface area contributed by atoms with E-state index in [-0.39, 0.29) is 25.9 Å². The molecule has 1 saturated heterocycles. The molecule has 0 aromatic heterocycles. The van der Waals surface area contributed by atoms with Crippen LogP contribution in [0.4, 0.5) is 0 Å². The summed E-state index contributed by atoms with van der Waals surface area (Å²) in [5.74, 6) is -3.14. The van der Waals surface area contributed by atoms with Crippen molar-refractivity contribution in [2.45, 2.75) is 314 Å². The number of aliphatic hydroxyl groups is 2. The number of carbonyl (C=O) groups excluding carboxylic acids is 3. The summed E-state index contributed by atoms with van der Waals surface area (Å²) in [7, 11) is 0. The van der Waals surface area contributed by atoms with E-state index < -0.39 is 67.3 Å². The fourth-order valence-electron chi connectivity index (χ4n) is 9.29. The molecule has 1 rings (SSSR count). The van der Waals surface area contributed by atoms with E-state index in [1.807, 2.05) is 0 Å². The lowest BCUT2D eigenvalue weighted by Crippen LogP contribution is -2.61. The summed E-state index contributed by atoms with van der Waals surface area (Å²) in [5, 5.41) is 31.6. The molecule has 6 atom stereocenters. The standard InChI is InChI=1S/C67H114O12/c1-4-7-10-13-16-19-22-25-27-29-30-32-33-36-38-41-44-47-50-53-59(68)75-56-58(77-60(69)54-51-48-45-42-39-35-24-21-18-15-12-9-6-3)57-76-67-65(63(72)62(71)64(79-67)66(73)74)78-61(70)55-52-49-46-43-40-37-34-31-28-26-23-20-17-14-11-8-5-2/h12,15-17,19-21,24-28,58,62-65,67,71-72H,4-11,13-14,18,22-23,29-57H2,1-3H3,(H,73,74)/b15-12-,19-16-,20-17-,24-21-,27-25-,28-26-. The predicted molar refractivity (Wildman–Crippen MR) is 322 cm³/mol. The minimum absolute atomic E-state index is 0.0483. The van der Waals surface area contributed by atoms with Crippen LogP contribution in [0, 0.1) is 0 Å². The average Bonchev–Trinajstić information content (AvgIpc) is 3.44. The van der Waals surface area contributed by atoms with Gasteiger partial charge in [0.2, 0.25) is 0 Å². The second-order valence-electron chi connectivity index (χ2n) is 21.7. The molecule has 0 amide bonds. The van der Waals surface area contributed by atoms with Crippen LogP contribution in [0.25, 0.3) is 0 Å². The molecule has 12 heteroatoms. The van der Waals surface area contributed by atoms with E-state index >= 15 is 0 Å². The topological polar surface area (TPSA) is 175 Å². The van der Waals surface area contributed by atoms with Crippen LogP contribution < -0.4 is 0 Å². The van der Waals surface area contributed by atoms with Crippen molar-refractivity contribution in [1.29, 1.82) is 0 Å². The Balaban J connectivity index is 2.66. The van der Waals surface area contributed by atoms with Gasteiger partial charge in [0, 0.05) is 19.3 Å². The molecule has 1 aliphatic heterocycles. The Labute approximate surface area is 480 Å². The van der Waals surface area contributed by atoms with Gasteiger partial charge < -0.3 is 39.0 Å². The van der Waals surface area contributed by atoms with Crippen molar-refractivity contribution in [3.8, 4) is 0 Å².